The lowest BCUT2D eigenvalue weighted by molar-refractivity contribution is -0.115. The molecule has 2 aromatic heterocycles. The number of nitrogens with one attached hydrogen (secondary N) is 3. The smallest absolute Gasteiger partial charge is 0.230 e. The fraction of sp³-hybridized carbons (Fsp3) is 0.400. The van der Waals surface area contributed by atoms with Crippen molar-refractivity contribution in [1.29, 1.82) is 0 Å². The lowest BCUT2D eigenvalue weighted by Gasteiger charge is -2.29. The van der Waals surface area contributed by atoms with Crippen LogP contribution >= 0.6 is 0 Å². The summed E-state index contributed by atoms with van der Waals surface area (Å²) in [5, 5.41) is 22.6. The zero-order valence-electron chi connectivity index (χ0n) is 24.7. The molecule has 0 aliphatic carbocycles. The maximum absolute atomic E-state index is 13.4. The molecule has 4 rings (SSSR count). The van der Waals surface area contributed by atoms with Crippen LogP contribution in [0.1, 0.15) is 32.9 Å². The topological polar surface area (TPSA) is 138 Å². The minimum absolute atomic E-state index is 0.0225. The Hall–Kier alpha value is -4.36. The highest BCUT2D eigenvalue weighted by Crippen LogP contribution is 2.34. The first-order valence-corrected chi connectivity index (χ1v) is 13.9. The van der Waals surface area contributed by atoms with Crippen molar-refractivity contribution in [2.75, 3.05) is 50.6 Å². The average Bonchev–Trinajstić information content (AvgIpc) is 3.35. The fourth-order valence-electron chi connectivity index (χ4n) is 4.63. The van der Waals surface area contributed by atoms with Crippen LogP contribution in [0.2, 0.25) is 0 Å². The SMILES string of the molecule is COc1cc2c(Nc3cc(CC(=O)Nc4cc(F)cc(F)c4)[nH]n3)ncnc2cc1OCCCN(CCO)CC(C)(C)C. The predicted octanol–water partition coefficient (Wildman–Crippen LogP) is 4.67. The number of aliphatic hydroxyl groups is 1. The van der Waals surface area contributed by atoms with Gasteiger partial charge in [-0.05, 0) is 30.0 Å². The van der Waals surface area contributed by atoms with E-state index in [0.717, 1.165) is 37.7 Å². The lowest BCUT2D eigenvalue weighted by atomic mass is 9.96. The number of hydrogen-bond acceptors (Lipinski definition) is 9. The van der Waals surface area contributed by atoms with E-state index in [0.29, 0.717) is 52.9 Å². The summed E-state index contributed by atoms with van der Waals surface area (Å²) in [6, 6.07) is 8.00. The van der Waals surface area contributed by atoms with E-state index in [9.17, 15) is 18.7 Å². The number of fused-ring (bicyclic) bond motifs is 1. The van der Waals surface area contributed by atoms with Gasteiger partial charge in [-0.1, -0.05) is 20.8 Å². The van der Waals surface area contributed by atoms with Gasteiger partial charge in [0.15, 0.2) is 17.3 Å². The first kappa shape index (κ1) is 31.6. The van der Waals surface area contributed by atoms with Crippen LogP contribution in [0.4, 0.5) is 26.1 Å². The number of methoxy groups -OCH3 is 1. The van der Waals surface area contributed by atoms with Gasteiger partial charge in [0.2, 0.25) is 5.91 Å². The zero-order chi connectivity index (χ0) is 31.0. The van der Waals surface area contributed by atoms with E-state index in [1.54, 1.807) is 25.3 Å². The van der Waals surface area contributed by atoms with E-state index in [4.69, 9.17) is 9.47 Å². The Morgan fingerprint density at radius 3 is 2.51 bits per heavy atom. The van der Waals surface area contributed by atoms with Crippen molar-refractivity contribution in [3.63, 3.8) is 0 Å². The summed E-state index contributed by atoms with van der Waals surface area (Å²) in [5.74, 6) is -0.104. The molecule has 4 aromatic rings. The van der Waals surface area contributed by atoms with Gasteiger partial charge in [0, 0.05) is 54.6 Å². The quantitative estimate of drug-likeness (QED) is 0.153. The number of aromatic amines is 1. The van der Waals surface area contributed by atoms with Gasteiger partial charge in [0.05, 0.1) is 32.3 Å². The first-order chi connectivity index (χ1) is 20.5. The number of aromatic nitrogens is 4. The number of hydrogen-bond donors (Lipinski definition) is 4. The molecule has 2 heterocycles. The number of nitrogens with zero attached hydrogens (tertiary/aromatic N) is 4. The Bertz CT molecular complexity index is 1520. The molecule has 43 heavy (non-hydrogen) atoms. The van der Waals surface area contributed by atoms with Crippen molar-refractivity contribution >= 4 is 34.1 Å². The Kier molecular flexibility index (Phi) is 10.4. The van der Waals surface area contributed by atoms with Crippen LogP contribution in [0, 0.1) is 17.0 Å². The number of carbonyl (C=O) groups excluding carboxylic acids is 1. The maximum Gasteiger partial charge on any atom is 0.230 e. The fourth-order valence-corrected chi connectivity index (χ4v) is 4.63. The van der Waals surface area contributed by atoms with E-state index in [1.807, 2.05) is 0 Å². The van der Waals surface area contributed by atoms with Crippen molar-refractivity contribution < 1.29 is 28.2 Å². The molecular formula is C30H37F2N7O4. The number of carbonyl (C=O) groups is 1. The molecule has 4 N–H and O–H groups in total. The molecule has 2 aromatic carbocycles. The monoisotopic (exact) mass is 597 g/mol. The van der Waals surface area contributed by atoms with Crippen LogP contribution in [0.5, 0.6) is 11.5 Å². The normalized spacial score (nSPS) is 11.6. The number of benzene rings is 2. The highest BCUT2D eigenvalue weighted by atomic mass is 19.1. The zero-order valence-corrected chi connectivity index (χ0v) is 24.7. The van der Waals surface area contributed by atoms with Crippen LogP contribution in [-0.2, 0) is 11.2 Å². The average molecular weight is 598 g/mol. The second-order valence-corrected chi connectivity index (χ2v) is 11.3. The van der Waals surface area contributed by atoms with Gasteiger partial charge in [-0.3, -0.25) is 9.89 Å². The summed E-state index contributed by atoms with van der Waals surface area (Å²) in [4.78, 5) is 23.3. The van der Waals surface area contributed by atoms with Crippen molar-refractivity contribution in [2.24, 2.45) is 5.41 Å². The molecule has 0 saturated carbocycles. The van der Waals surface area contributed by atoms with E-state index in [-0.39, 0.29) is 24.1 Å². The highest BCUT2D eigenvalue weighted by Gasteiger charge is 2.17. The van der Waals surface area contributed by atoms with Gasteiger partial charge >= 0.3 is 0 Å². The number of aliphatic hydroxyl groups excluding tert-OH is 1. The van der Waals surface area contributed by atoms with E-state index in [1.165, 1.54) is 6.33 Å². The minimum Gasteiger partial charge on any atom is -0.493 e. The van der Waals surface area contributed by atoms with Gasteiger partial charge in [0.1, 0.15) is 23.8 Å². The van der Waals surface area contributed by atoms with E-state index < -0.39 is 17.5 Å². The summed E-state index contributed by atoms with van der Waals surface area (Å²) in [5.41, 5.74) is 1.25. The first-order valence-electron chi connectivity index (χ1n) is 13.9. The Morgan fingerprint density at radius 2 is 1.81 bits per heavy atom. The van der Waals surface area contributed by atoms with Crippen molar-refractivity contribution in [2.45, 2.75) is 33.6 Å². The molecule has 0 radical (unpaired) electrons. The second kappa shape index (κ2) is 14.2. The molecule has 0 saturated heterocycles. The van der Waals surface area contributed by atoms with Crippen LogP contribution in [0.3, 0.4) is 0 Å². The van der Waals surface area contributed by atoms with Gasteiger partial charge in [-0.2, -0.15) is 5.10 Å². The molecule has 11 nitrogen and oxygen atoms in total. The Labute approximate surface area is 248 Å². The maximum atomic E-state index is 13.4. The second-order valence-electron chi connectivity index (χ2n) is 11.3. The molecule has 1 amide bonds. The van der Waals surface area contributed by atoms with Crippen LogP contribution in [0.25, 0.3) is 10.9 Å². The number of rotatable bonds is 14. The Morgan fingerprint density at radius 1 is 1.05 bits per heavy atom. The van der Waals surface area contributed by atoms with E-state index in [2.05, 4.69) is 56.5 Å². The largest absolute Gasteiger partial charge is 0.493 e. The summed E-state index contributed by atoms with van der Waals surface area (Å²) in [6.07, 6.45) is 2.09. The summed E-state index contributed by atoms with van der Waals surface area (Å²) < 4.78 is 38.5. The van der Waals surface area contributed by atoms with Crippen LogP contribution in [0.15, 0.2) is 42.7 Å². The standard InChI is InChI=1S/C30H37F2N7O4/c1-30(2,3)17-39(7-8-40)6-5-9-43-26-16-24-23(15-25(26)42-4)29(34-18-33-24)36-27-13-22(37-38-27)14-28(41)35-21-11-19(31)10-20(32)12-21/h10-13,15-16,18,40H,5-9,14,17H2,1-4H3,(H,35,41)(H2,33,34,36,37,38). The molecule has 0 unspecified atom stereocenters. The van der Waals surface area contributed by atoms with E-state index >= 15 is 0 Å². The summed E-state index contributed by atoms with van der Waals surface area (Å²) >= 11 is 0. The van der Waals surface area contributed by atoms with Crippen molar-refractivity contribution in [3.8, 4) is 11.5 Å². The number of anilines is 3. The van der Waals surface area contributed by atoms with Gasteiger partial charge in [0.25, 0.3) is 0 Å². The third-order valence-electron chi connectivity index (χ3n) is 6.29. The number of amides is 1. The molecule has 13 heteroatoms. The molecule has 0 fully saturated rings. The molecule has 0 aliphatic rings. The summed E-state index contributed by atoms with van der Waals surface area (Å²) in [7, 11) is 1.56. The molecule has 0 atom stereocenters. The lowest BCUT2D eigenvalue weighted by Crippen LogP contribution is -2.36. The minimum atomic E-state index is -0.784. The Balaban J connectivity index is 1.39. The third-order valence-corrected chi connectivity index (χ3v) is 6.29. The van der Waals surface area contributed by atoms with Crippen LogP contribution in [-0.4, -0.2) is 76.0 Å². The van der Waals surface area contributed by atoms with Crippen LogP contribution < -0.4 is 20.1 Å². The van der Waals surface area contributed by atoms with Gasteiger partial charge in [-0.25, -0.2) is 18.7 Å². The highest BCUT2D eigenvalue weighted by molar-refractivity contribution is 5.93. The molecule has 0 spiro atoms. The summed E-state index contributed by atoms with van der Waals surface area (Å²) in [6.45, 7) is 9.36. The molecule has 230 valence electrons. The number of ether oxygens (including phenoxy) is 2. The van der Waals surface area contributed by atoms with Gasteiger partial charge in [-0.15, -0.1) is 0 Å². The molecule has 0 aliphatic heterocycles. The van der Waals surface area contributed by atoms with Gasteiger partial charge < -0.3 is 30.1 Å². The third kappa shape index (κ3) is 9.32. The molecular weight excluding hydrogens is 560 g/mol. The predicted molar refractivity (Wildman–Crippen MR) is 160 cm³/mol. The number of halogens is 2. The van der Waals surface area contributed by atoms with Crippen molar-refractivity contribution in [1.82, 2.24) is 25.1 Å². The number of H-pyrrole nitrogens is 1. The molecule has 0 bridgehead atoms. The van der Waals surface area contributed by atoms with Crippen molar-refractivity contribution in [3.05, 3.63) is 60.1 Å².